The summed E-state index contributed by atoms with van der Waals surface area (Å²) in [5.41, 5.74) is 2.43. The highest BCUT2D eigenvalue weighted by molar-refractivity contribution is 5.55. The van der Waals surface area contributed by atoms with Crippen molar-refractivity contribution in [2.45, 2.75) is 84.5 Å². The van der Waals surface area contributed by atoms with Crippen molar-refractivity contribution in [2.75, 3.05) is 19.8 Å². The Hall–Kier alpha value is -1.94. The van der Waals surface area contributed by atoms with Crippen LogP contribution in [0.4, 0.5) is 0 Å². The Labute approximate surface area is 183 Å². The number of hydrogen-bond acceptors (Lipinski definition) is 4. The lowest BCUT2D eigenvalue weighted by Crippen LogP contribution is -2.03. The molecule has 0 bridgehead atoms. The zero-order valence-electron chi connectivity index (χ0n) is 19.1. The fourth-order valence-electron chi connectivity index (χ4n) is 3.40. The molecule has 0 N–H and O–H groups in total. The van der Waals surface area contributed by atoms with Crippen molar-refractivity contribution >= 4 is 0 Å². The van der Waals surface area contributed by atoms with Gasteiger partial charge in [0.2, 0.25) is 5.88 Å². The van der Waals surface area contributed by atoms with Crippen LogP contribution < -0.4 is 4.74 Å². The van der Waals surface area contributed by atoms with Crippen LogP contribution in [0, 0.1) is 0 Å². The van der Waals surface area contributed by atoms with Gasteiger partial charge in [-0.25, -0.2) is 4.98 Å². The number of aromatic nitrogens is 2. The second-order valence-corrected chi connectivity index (χ2v) is 7.95. The second-order valence-electron chi connectivity index (χ2n) is 7.95. The summed E-state index contributed by atoms with van der Waals surface area (Å²) in [6.07, 6.45) is 15.4. The van der Waals surface area contributed by atoms with Gasteiger partial charge in [-0.05, 0) is 37.7 Å². The van der Waals surface area contributed by atoms with Crippen molar-refractivity contribution in [1.29, 1.82) is 0 Å². The van der Waals surface area contributed by atoms with Gasteiger partial charge >= 0.3 is 0 Å². The van der Waals surface area contributed by atoms with Crippen LogP contribution in [0.15, 0.2) is 36.5 Å². The number of rotatable bonds is 17. The van der Waals surface area contributed by atoms with Crippen LogP contribution in [0.25, 0.3) is 11.4 Å². The Morgan fingerprint density at radius 2 is 1.43 bits per heavy atom. The first-order valence-corrected chi connectivity index (χ1v) is 12.0. The van der Waals surface area contributed by atoms with Gasteiger partial charge in [-0.2, -0.15) is 4.98 Å². The average Bonchev–Trinajstić information content (AvgIpc) is 2.78. The molecular weight excluding hydrogens is 372 g/mol. The van der Waals surface area contributed by atoms with Gasteiger partial charge in [-0.3, -0.25) is 0 Å². The normalized spacial score (nSPS) is 11.0. The van der Waals surface area contributed by atoms with Gasteiger partial charge < -0.3 is 9.47 Å². The van der Waals surface area contributed by atoms with Crippen LogP contribution in [0.2, 0.25) is 0 Å². The molecule has 30 heavy (non-hydrogen) atoms. The van der Waals surface area contributed by atoms with Gasteiger partial charge in [0.25, 0.3) is 0 Å². The van der Waals surface area contributed by atoms with E-state index >= 15 is 0 Å². The minimum Gasteiger partial charge on any atom is -0.478 e. The molecule has 0 radical (unpaired) electrons. The number of ether oxygens (including phenoxy) is 2. The van der Waals surface area contributed by atoms with Crippen LogP contribution in [-0.4, -0.2) is 29.8 Å². The molecule has 1 aromatic heterocycles. The Morgan fingerprint density at radius 3 is 2.20 bits per heavy atom. The summed E-state index contributed by atoms with van der Waals surface area (Å²) in [5, 5.41) is 0. The fraction of sp³-hybridized carbons (Fsp3) is 0.615. The highest BCUT2D eigenvalue weighted by Gasteiger charge is 2.04. The average molecular weight is 413 g/mol. The lowest BCUT2D eigenvalue weighted by Gasteiger charge is -2.08. The number of hydrogen-bond donors (Lipinski definition) is 0. The third kappa shape index (κ3) is 10.2. The summed E-state index contributed by atoms with van der Waals surface area (Å²) >= 11 is 0. The van der Waals surface area contributed by atoms with Crippen molar-refractivity contribution < 1.29 is 9.47 Å². The van der Waals surface area contributed by atoms with Gasteiger partial charge in [-0.1, -0.05) is 76.6 Å². The van der Waals surface area contributed by atoms with E-state index < -0.39 is 0 Å². The number of unbranched alkanes of at least 4 members (excludes halogenated alkanes) is 7. The highest BCUT2D eigenvalue weighted by atomic mass is 16.5. The van der Waals surface area contributed by atoms with Crippen LogP contribution >= 0.6 is 0 Å². The third-order valence-electron chi connectivity index (χ3n) is 5.19. The SMILES string of the molecule is CCCCCCCCCc1ccc(-c2nccc(OCCCCOCCC)n2)cc1. The van der Waals surface area contributed by atoms with E-state index in [0.29, 0.717) is 12.5 Å². The Kier molecular flexibility index (Phi) is 12.8. The van der Waals surface area contributed by atoms with Crippen LogP contribution in [0.3, 0.4) is 0 Å². The molecular formula is C26H40N2O2. The third-order valence-corrected chi connectivity index (χ3v) is 5.19. The quantitative estimate of drug-likeness (QED) is 0.262. The van der Waals surface area contributed by atoms with E-state index in [0.717, 1.165) is 50.3 Å². The van der Waals surface area contributed by atoms with Crippen LogP contribution in [0.5, 0.6) is 5.88 Å². The van der Waals surface area contributed by atoms with E-state index in [9.17, 15) is 0 Å². The lowest BCUT2D eigenvalue weighted by atomic mass is 10.0. The maximum Gasteiger partial charge on any atom is 0.216 e. The van der Waals surface area contributed by atoms with E-state index in [4.69, 9.17) is 9.47 Å². The zero-order chi connectivity index (χ0) is 21.3. The van der Waals surface area contributed by atoms with E-state index in [1.807, 2.05) is 6.07 Å². The second kappa shape index (κ2) is 15.8. The molecule has 0 aliphatic heterocycles. The van der Waals surface area contributed by atoms with Crippen molar-refractivity contribution in [3.05, 3.63) is 42.1 Å². The maximum atomic E-state index is 5.79. The van der Waals surface area contributed by atoms with E-state index in [1.165, 1.54) is 50.5 Å². The van der Waals surface area contributed by atoms with E-state index in [-0.39, 0.29) is 0 Å². The minimum atomic E-state index is 0.640. The lowest BCUT2D eigenvalue weighted by molar-refractivity contribution is 0.126. The van der Waals surface area contributed by atoms with Crippen molar-refractivity contribution in [1.82, 2.24) is 9.97 Å². The molecule has 2 rings (SSSR count). The predicted molar refractivity (Wildman–Crippen MR) is 125 cm³/mol. The molecule has 0 amide bonds. The first-order chi connectivity index (χ1) is 14.8. The largest absolute Gasteiger partial charge is 0.478 e. The van der Waals surface area contributed by atoms with Gasteiger partial charge in [0, 0.05) is 31.0 Å². The molecule has 0 spiro atoms. The van der Waals surface area contributed by atoms with Crippen molar-refractivity contribution in [3.8, 4) is 17.3 Å². The molecule has 0 saturated heterocycles. The van der Waals surface area contributed by atoms with Gasteiger partial charge in [-0.15, -0.1) is 0 Å². The molecule has 166 valence electrons. The predicted octanol–water partition coefficient (Wildman–Crippen LogP) is 7.02. The molecule has 1 heterocycles. The summed E-state index contributed by atoms with van der Waals surface area (Å²) in [7, 11) is 0. The molecule has 0 aliphatic carbocycles. The molecule has 0 unspecified atom stereocenters. The van der Waals surface area contributed by atoms with Crippen molar-refractivity contribution in [3.63, 3.8) is 0 Å². The summed E-state index contributed by atoms with van der Waals surface area (Å²) in [4.78, 5) is 8.98. The Bertz CT molecular complexity index is 673. The van der Waals surface area contributed by atoms with E-state index in [1.54, 1.807) is 6.20 Å². The molecule has 1 aromatic carbocycles. The Morgan fingerprint density at radius 1 is 0.700 bits per heavy atom. The number of benzene rings is 1. The molecule has 0 atom stereocenters. The number of nitrogens with zero attached hydrogens (tertiary/aromatic N) is 2. The summed E-state index contributed by atoms with van der Waals surface area (Å²) < 4.78 is 11.3. The summed E-state index contributed by atoms with van der Waals surface area (Å²) in [6, 6.07) is 10.5. The van der Waals surface area contributed by atoms with Gasteiger partial charge in [0.1, 0.15) is 0 Å². The minimum absolute atomic E-state index is 0.640. The first-order valence-electron chi connectivity index (χ1n) is 12.0. The fourth-order valence-corrected chi connectivity index (χ4v) is 3.40. The standard InChI is InChI=1S/C26H40N2O2/c1-3-5-6-7-8-9-10-13-23-14-16-24(17-15-23)26-27-19-18-25(28-26)30-22-12-11-21-29-20-4-2/h14-19H,3-13,20-22H2,1-2H3. The van der Waals surface area contributed by atoms with Crippen molar-refractivity contribution in [2.24, 2.45) is 0 Å². The molecule has 4 heteroatoms. The Balaban J connectivity index is 1.70. The van der Waals surface area contributed by atoms with Gasteiger partial charge in [0.15, 0.2) is 5.82 Å². The molecule has 2 aromatic rings. The van der Waals surface area contributed by atoms with Crippen LogP contribution in [-0.2, 0) is 11.2 Å². The summed E-state index contributed by atoms with van der Waals surface area (Å²) in [6.45, 7) is 6.69. The molecule has 0 aliphatic rings. The monoisotopic (exact) mass is 412 g/mol. The molecule has 4 nitrogen and oxygen atoms in total. The smallest absolute Gasteiger partial charge is 0.216 e. The maximum absolute atomic E-state index is 5.79. The highest BCUT2D eigenvalue weighted by Crippen LogP contribution is 2.19. The summed E-state index contributed by atoms with van der Waals surface area (Å²) in [5.74, 6) is 1.36. The zero-order valence-corrected chi connectivity index (χ0v) is 19.1. The molecule has 0 fully saturated rings. The molecule has 0 saturated carbocycles. The van der Waals surface area contributed by atoms with E-state index in [2.05, 4.69) is 48.1 Å². The van der Waals surface area contributed by atoms with Crippen LogP contribution in [0.1, 0.15) is 83.6 Å². The first kappa shape index (κ1) is 24.3. The number of aryl methyl sites for hydroxylation is 1. The topological polar surface area (TPSA) is 44.2 Å². The van der Waals surface area contributed by atoms with Gasteiger partial charge in [0.05, 0.1) is 6.61 Å².